The Morgan fingerprint density at radius 3 is 0.988 bits per heavy atom. The van der Waals surface area contributed by atoms with Gasteiger partial charge < -0.3 is 28.4 Å². The van der Waals surface area contributed by atoms with Crippen molar-refractivity contribution in [3.8, 4) is 74.8 Å². The average Bonchev–Trinajstić information content (AvgIpc) is 1.50. The fraction of sp³-hybridized carbons (Fsp3) is 0.125. The summed E-state index contributed by atoms with van der Waals surface area (Å²) in [5, 5.41) is 39.0. The summed E-state index contributed by atoms with van der Waals surface area (Å²) in [5.74, 6) is -3.14. The number of hydrogen-bond donors (Lipinski definition) is 0. The van der Waals surface area contributed by atoms with Crippen LogP contribution in [0, 0.1) is 45.3 Å². The van der Waals surface area contributed by atoms with Crippen molar-refractivity contribution in [3.05, 3.63) is 190 Å². The number of hydrogen-bond acceptors (Lipinski definition) is 22. The molecule has 0 amide bonds. The van der Waals surface area contributed by atoms with E-state index in [-0.39, 0.29) is 70.1 Å². The second kappa shape index (κ2) is 23.6. The lowest BCUT2D eigenvalue weighted by Crippen LogP contribution is -2.46. The first-order chi connectivity index (χ1) is 42.0. The molecule has 0 unspecified atom stereocenters. The average molecular weight is 1240 g/mol. The van der Waals surface area contributed by atoms with Crippen LogP contribution in [0.15, 0.2) is 156 Å². The minimum atomic E-state index is -2.36. The predicted molar refractivity (Wildman–Crippen MR) is 329 cm³/mol. The van der Waals surface area contributed by atoms with Crippen LogP contribution in [0.1, 0.15) is 44.5 Å². The van der Waals surface area contributed by atoms with Gasteiger partial charge in [-0.1, -0.05) is 121 Å². The summed E-state index contributed by atoms with van der Waals surface area (Å²) < 4.78 is 37.8. The quantitative estimate of drug-likeness (QED) is 0.0336. The lowest BCUT2D eigenvalue weighted by Gasteiger charge is -2.27. The molecule has 6 heterocycles. The molecule has 16 nitrogen and oxygen atoms in total. The van der Waals surface area contributed by atoms with E-state index in [1.165, 1.54) is 59.6 Å². The number of carbonyl (C=O) groups is 4. The Morgan fingerprint density at radius 2 is 0.709 bits per heavy atom. The van der Waals surface area contributed by atoms with Crippen molar-refractivity contribution in [1.82, 2.24) is 0 Å². The van der Waals surface area contributed by atoms with Crippen LogP contribution in [0.25, 0.3) is 48.4 Å². The predicted octanol–water partition coefficient (Wildman–Crippen LogP) is 14.3. The fourth-order valence-electron chi connectivity index (χ4n) is 10.3. The summed E-state index contributed by atoms with van der Waals surface area (Å²) in [6.07, 6.45) is 0. The molecule has 0 bridgehead atoms. The molecule has 0 saturated carbocycles. The highest BCUT2D eigenvalue weighted by molar-refractivity contribution is 7.36. The second-order valence-corrected chi connectivity index (χ2v) is 25.3. The van der Waals surface area contributed by atoms with Crippen molar-refractivity contribution in [1.29, 1.82) is 21.0 Å². The SMILES string of the molecule is COc1cc(N=C(C#N)C#N)sc1-c1cc2c(s1)-c1sc3c4c(sc3c1C2(C(=O)OCc1ccccc1)C(=O)OCc1ccccc1)-c1sc(-c2sc(N=C(C#N)C#N)cc2OC)cc1C4(C(=O)OCc1ccccc1)C(=O)OCc1ccccc1. The number of carbonyl (C=O) groups excluding carboxylic acids is 4. The molecule has 10 aromatic rings. The van der Waals surface area contributed by atoms with E-state index < -0.39 is 34.7 Å². The third kappa shape index (κ3) is 9.70. The van der Waals surface area contributed by atoms with E-state index in [2.05, 4.69) is 9.98 Å². The molecule has 4 aromatic carbocycles. The molecule has 12 rings (SSSR count). The number of benzene rings is 4. The normalized spacial score (nSPS) is 12.6. The van der Waals surface area contributed by atoms with Gasteiger partial charge in [0.25, 0.3) is 0 Å². The van der Waals surface area contributed by atoms with E-state index >= 15 is 19.2 Å². The first kappa shape index (κ1) is 56.6. The van der Waals surface area contributed by atoms with Crippen molar-refractivity contribution in [2.24, 2.45) is 9.98 Å². The Balaban J connectivity index is 1.13. The maximum Gasteiger partial charge on any atom is 0.333 e. The van der Waals surface area contributed by atoms with Crippen molar-refractivity contribution >= 4 is 123 Å². The Hall–Kier alpha value is -9.88. The molecule has 0 spiro atoms. The van der Waals surface area contributed by atoms with Gasteiger partial charge in [-0.15, -0.1) is 68.0 Å². The topological polar surface area (TPSA) is 244 Å². The van der Waals surface area contributed by atoms with Gasteiger partial charge in [-0.3, -0.25) is 19.2 Å². The number of esters is 4. The van der Waals surface area contributed by atoms with E-state index in [0.29, 0.717) is 82.2 Å². The first-order valence-corrected chi connectivity index (χ1v) is 30.8. The Kier molecular flexibility index (Phi) is 15.6. The van der Waals surface area contributed by atoms with Gasteiger partial charge in [0, 0.05) is 44.1 Å². The number of nitriles is 4. The minimum absolute atomic E-state index is 0.229. The Bertz CT molecular complexity index is 4170. The lowest BCUT2D eigenvalue weighted by atomic mass is 9.77. The van der Waals surface area contributed by atoms with E-state index in [9.17, 15) is 21.0 Å². The van der Waals surface area contributed by atoms with Gasteiger partial charge in [0.05, 0.1) is 52.9 Å². The van der Waals surface area contributed by atoms with Crippen molar-refractivity contribution in [2.45, 2.75) is 37.3 Å². The zero-order chi connectivity index (χ0) is 59.7. The largest absolute Gasteiger partial charge is 0.495 e. The van der Waals surface area contributed by atoms with Gasteiger partial charge >= 0.3 is 23.9 Å². The Labute approximate surface area is 514 Å². The molecule has 0 atom stereocenters. The molecule has 22 heteroatoms. The van der Waals surface area contributed by atoms with Crippen LogP contribution >= 0.6 is 68.0 Å². The molecular weight excluding hydrogens is 1210 g/mol. The first-order valence-electron chi connectivity index (χ1n) is 25.9. The van der Waals surface area contributed by atoms with Crippen LogP contribution in [-0.4, -0.2) is 49.5 Å². The van der Waals surface area contributed by atoms with Crippen LogP contribution in [-0.2, 0) is 75.4 Å². The molecule has 6 aromatic heterocycles. The van der Waals surface area contributed by atoms with Crippen LogP contribution in [0.2, 0.25) is 0 Å². The number of ether oxygens (including phenoxy) is 6. The number of methoxy groups -OCH3 is 2. The molecule has 2 aliphatic carbocycles. The molecule has 0 fully saturated rings. The van der Waals surface area contributed by atoms with Gasteiger partial charge in [-0.05, 0) is 34.4 Å². The number of thiophene rings is 6. The smallest absolute Gasteiger partial charge is 0.333 e. The summed E-state index contributed by atoms with van der Waals surface area (Å²) in [7, 11) is 2.92. The van der Waals surface area contributed by atoms with E-state index in [0.717, 1.165) is 22.7 Å². The van der Waals surface area contributed by atoms with E-state index in [1.807, 2.05) is 24.3 Å². The van der Waals surface area contributed by atoms with Crippen LogP contribution < -0.4 is 9.47 Å². The highest BCUT2D eigenvalue weighted by Gasteiger charge is 2.65. The van der Waals surface area contributed by atoms with Crippen molar-refractivity contribution in [2.75, 3.05) is 14.2 Å². The molecule has 420 valence electrons. The molecule has 0 aliphatic heterocycles. The van der Waals surface area contributed by atoms with E-state index in [4.69, 9.17) is 28.4 Å². The number of aliphatic imine (C=N–C) groups is 2. The summed E-state index contributed by atoms with van der Waals surface area (Å²) >= 11 is 7.14. The van der Waals surface area contributed by atoms with E-state index in [1.54, 1.807) is 146 Å². The highest BCUT2D eigenvalue weighted by atomic mass is 32.1. The lowest BCUT2D eigenvalue weighted by molar-refractivity contribution is -0.166. The molecule has 0 radical (unpaired) electrons. The molecule has 2 aliphatic rings. The zero-order valence-electron chi connectivity index (χ0n) is 44.9. The Morgan fingerprint density at radius 1 is 0.407 bits per heavy atom. The van der Waals surface area contributed by atoms with Gasteiger partial charge in [0.1, 0.15) is 72.2 Å². The number of nitrogens with zero attached hydrogens (tertiary/aromatic N) is 6. The standard InChI is InChI=1S/C64H38N6O10S6/c1-75-43-25-47(69-39(27-65)28-66)83-53(43)45-23-41-51(81-45)55-49(63(41,59(71)77-31-35-15-7-3-8-16-35)60(72)78-32-36-17-9-4-10-18-36)57-58(85-55)50-56(86-57)52-42(24-46(82-52)54-44(76-2)26-48(84-54)70-40(29-67)30-68)64(50,61(73)79-33-37-19-11-5-12-20-37)62(74)80-34-38-21-13-6-14-22-38/h3-26H,31-34H2,1-2H3. The fourth-order valence-corrected chi connectivity index (χ4v) is 18.3. The van der Waals surface area contributed by atoms with Gasteiger partial charge in [0.15, 0.2) is 0 Å². The molecule has 86 heavy (non-hydrogen) atoms. The van der Waals surface area contributed by atoms with Gasteiger partial charge in [-0.2, -0.15) is 21.0 Å². The van der Waals surface area contributed by atoms with Gasteiger partial charge in [0.2, 0.25) is 22.3 Å². The summed E-state index contributed by atoms with van der Waals surface area (Å²) in [6.45, 7) is -0.937. The maximum absolute atomic E-state index is 16.0. The monoisotopic (exact) mass is 1240 g/mol. The van der Waals surface area contributed by atoms with Crippen LogP contribution in [0.3, 0.4) is 0 Å². The third-order valence-electron chi connectivity index (χ3n) is 14.2. The summed E-state index contributed by atoms with van der Waals surface area (Å²) in [6, 6.07) is 49.8. The number of rotatable bonds is 18. The number of fused-ring (bicyclic) bond motifs is 9. The van der Waals surface area contributed by atoms with Crippen molar-refractivity contribution in [3.63, 3.8) is 0 Å². The van der Waals surface area contributed by atoms with Gasteiger partial charge in [-0.25, -0.2) is 9.98 Å². The third-order valence-corrected chi connectivity index (χ3v) is 21.7. The summed E-state index contributed by atoms with van der Waals surface area (Å²) in [5.41, 5.74) is -1.97. The maximum atomic E-state index is 16.0. The van der Waals surface area contributed by atoms with Crippen LogP contribution in [0.5, 0.6) is 11.5 Å². The van der Waals surface area contributed by atoms with Crippen LogP contribution in [0.4, 0.5) is 10.0 Å². The molecular formula is C64H38N6O10S6. The highest BCUT2D eigenvalue weighted by Crippen LogP contribution is 2.68. The molecule has 0 N–H and O–H groups in total. The zero-order valence-corrected chi connectivity index (χ0v) is 49.8. The summed E-state index contributed by atoms with van der Waals surface area (Å²) in [4.78, 5) is 76.5. The minimum Gasteiger partial charge on any atom is -0.495 e. The second-order valence-electron chi connectivity index (χ2n) is 19.1. The van der Waals surface area contributed by atoms with Crippen molar-refractivity contribution < 1.29 is 47.6 Å². The molecule has 0 saturated heterocycles.